The summed E-state index contributed by atoms with van der Waals surface area (Å²) in [5, 5.41) is 3.61. The van der Waals surface area contributed by atoms with Crippen molar-refractivity contribution in [3.63, 3.8) is 0 Å². The van der Waals surface area contributed by atoms with E-state index >= 15 is 0 Å². The van der Waals surface area contributed by atoms with Crippen LogP contribution in [0.15, 0.2) is 17.0 Å². The first-order valence-electron chi connectivity index (χ1n) is 6.56. The number of benzene rings is 1. The molecule has 1 N–H and O–H groups in total. The maximum absolute atomic E-state index is 12.7. The maximum atomic E-state index is 12.7. The van der Waals surface area contributed by atoms with E-state index < -0.39 is 10.0 Å². The van der Waals surface area contributed by atoms with Crippen LogP contribution in [-0.2, 0) is 16.6 Å². The van der Waals surface area contributed by atoms with E-state index in [-0.39, 0.29) is 16.0 Å². The summed E-state index contributed by atoms with van der Waals surface area (Å²) < 4.78 is 26.9. The van der Waals surface area contributed by atoms with E-state index in [1.807, 2.05) is 6.92 Å². The fraction of sp³-hybridized carbons (Fsp3) is 0.538. The van der Waals surface area contributed by atoms with Gasteiger partial charge in [-0.25, -0.2) is 8.42 Å². The Balaban J connectivity index is 2.47. The molecule has 1 saturated carbocycles. The lowest BCUT2D eigenvalue weighted by Crippen LogP contribution is -2.33. The summed E-state index contributed by atoms with van der Waals surface area (Å²) in [7, 11) is -1.78. The molecular weight excluding hydrogens is 319 g/mol. The molecule has 0 amide bonds. The molecule has 1 aromatic carbocycles. The van der Waals surface area contributed by atoms with Crippen LogP contribution >= 0.6 is 23.2 Å². The van der Waals surface area contributed by atoms with Gasteiger partial charge in [-0.05, 0) is 37.6 Å². The largest absolute Gasteiger partial charge is 0.316 e. The minimum absolute atomic E-state index is 0.115. The third-order valence-corrected chi connectivity index (χ3v) is 6.16. The SMILES string of the molecule is CCN(C1CC1)S(=O)(=O)c1cc(CNC)c(Cl)cc1Cl. The average molecular weight is 337 g/mol. The summed E-state index contributed by atoms with van der Waals surface area (Å²) in [6.07, 6.45) is 1.84. The van der Waals surface area contributed by atoms with Crippen molar-refractivity contribution in [2.24, 2.45) is 0 Å². The van der Waals surface area contributed by atoms with Crippen LogP contribution in [0.25, 0.3) is 0 Å². The third kappa shape index (κ3) is 3.12. The molecule has 20 heavy (non-hydrogen) atoms. The minimum atomic E-state index is -3.56. The summed E-state index contributed by atoms with van der Waals surface area (Å²) in [5.41, 5.74) is 0.726. The number of sulfonamides is 1. The Morgan fingerprint density at radius 1 is 1.30 bits per heavy atom. The Labute approximate surface area is 130 Å². The molecule has 0 atom stereocenters. The van der Waals surface area contributed by atoms with Gasteiger partial charge < -0.3 is 5.32 Å². The molecular formula is C13H18Cl2N2O2S. The summed E-state index contributed by atoms with van der Waals surface area (Å²) in [6.45, 7) is 2.79. The van der Waals surface area contributed by atoms with Gasteiger partial charge in [0.25, 0.3) is 0 Å². The first-order valence-corrected chi connectivity index (χ1v) is 8.75. The van der Waals surface area contributed by atoms with Gasteiger partial charge in [0.1, 0.15) is 4.90 Å². The Morgan fingerprint density at radius 2 is 1.95 bits per heavy atom. The highest BCUT2D eigenvalue weighted by atomic mass is 35.5. The third-order valence-electron chi connectivity index (χ3n) is 3.32. The van der Waals surface area contributed by atoms with Crippen LogP contribution in [0.2, 0.25) is 10.0 Å². The lowest BCUT2D eigenvalue weighted by atomic mass is 10.2. The van der Waals surface area contributed by atoms with E-state index in [4.69, 9.17) is 23.2 Å². The van der Waals surface area contributed by atoms with Crippen LogP contribution in [-0.4, -0.2) is 32.4 Å². The molecule has 0 saturated heterocycles. The van der Waals surface area contributed by atoms with Gasteiger partial charge in [-0.2, -0.15) is 4.31 Å². The predicted octanol–water partition coefficient (Wildman–Crippen LogP) is 2.89. The van der Waals surface area contributed by atoms with Crippen molar-refractivity contribution in [3.05, 3.63) is 27.7 Å². The fourth-order valence-corrected chi connectivity index (χ4v) is 4.74. The summed E-state index contributed by atoms with van der Waals surface area (Å²) >= 11 is 12.2. The predicted molar refractivity (Wildman–Crippen MR) is 81.8 cm³/mol. The molecule has 1 aromatic rings. The maximum Gasteiger partial charge on any atom is 0.244 e. The molecule has 0 unspecified atom stereocenters. The van der Waals surface area contributed by atoms with Crippen molar-refractivity contribution in [2.45, 2.75) is 37.2 Å². The minimum Gasteiger partial charge on any atom is -0.316 e. The molecule has 0 bridgehead atoms. The van der Waals surface area contributed by atoms with E-state index in [0.717, 1.165) is 18.4 Å². The first kappa shape index (κ1) is 16.0. The smallest absolute Gasteiger partial charge is 0.244 e. The van der Waals surface area contributed by atoms with Gasteiger partial charge in [-0.3, -0.25) is 0 Å². The van der Waals surface area contributed by atoms with Crippen LogP contribution < -0.4 is 5.32 Å². The van der Waals surface area contributed by atoms with Crippen molar-refractivity contribution >= 4 is 33.2 Å². The van der Waals surface area contributed by atoms with Crippen molar-refractivity contribution in [2.75, 3.05) is 13.6 Å². The van der Waals surface area contributed by atoms with Crippen molar-refractivity contribution < 1.29 is 8.42 Å². The topological polar surface area (TPSA) is 49.4 Å². The van der Waals surface area contributed by atoms with E-state index in [2.05, 4.69) is 5.32 Å². The van der Waals surface area contributed by atoms with Gasteiger partial charge in [0.05, 0.1) is 5.02 Å². The standard InChI is InChI=1S/C13H18Cl2N2O2S/c1-3-17(10-4-5-10)20(18,19)13-6-9(8-16-2)11(14)7-12(13)15/h6-7,10,16H,3-5,8H2,1-2H3. The van der Waals surface area contributed by atoms with Crippen molar-refractivity contribution in [3.8, 4) is 0 Å². The highest BCUT2D eigenvalue weighted by molar-refractivity contribution is 7.89. The lowest BCUT2D eigenvalue weighted by molar-refractivity contribution is 0.421. The quantitative estimate of drug-likeness (QED) is 0.868. The highest BCUT2D eigenvalue weighted by Crippen LogP contribution is 2.35. The Hall–Kier alpha value is -0.330. The molecule has 1 aliphatic rings. The number of hydrogen-bond donors (Lipinski definition) is 1. The summed E-state index contributed by atoms with van der Waals surface area (Å²) in [6, 6.07) is 3.19. The fourth-order valence-electron chi connectivity index (χ4n) is 2.21. The Bertz CT molecular complexity index is 601. The second-order valence-electron chi connectivity index (χ2n) is 4.84. The number of hydrogen-bond acceptors (Lipinski definition) is 3. The lowest BCUT2D eigenvalue weighted by Gasteiger charge is -2.21. The highest BCUT2D eigenvalue weighted by Gasteiger charge is 2.38. The molecule has 4 nitrogen and oxygen atoms in total. The molecule has 1 aliphatic carbocycles. The summed E-state index contributed by atoms with van der Waals surface area (Å²) in [4.78, 5) is 0.141. The van der Waals surface area contributed by atoms with Crippen LogP contribution in [0.1, 0.15) is 25.3 Å². The molecule has 112 valence electrons. The van der Waals surface area contributed by atoms with Crippen LogP contribution in [0.5, 0.6) is 0 Å². The van der Waals surface area contributed by atoms with Gasteiger partial charge in [0, 0.05) is 24.2 Å². The van der Waals surface area contributed by atoms with E-state index in [1.54, 1.807) is 13.1 Å². The molecule has 0 radical (unpaired) electrons. The van der Waals surface area contributed by atoms with Crippen molar-refractivity contribution in [1.29, 1.82) is 0 Å². The van der Waals surface area contributed by atoms with E-state index in [9.17, 15) is 8.42 Å². The molecule has 0 spiro atoms. The van der Waals surface area contributed by atoms with Gasteiger partial charge in [-0.15, -0.1) is 0 Å². The number of rotatable bonds is 6. The van der Waals surface area contributed by atoms with Gasteiger partial charge in [-0.1, -0.05) is 30.1 Å². The van der Waals surface area contributed by atoms with Crippen LogP contribution in [0, 0.1) is 0 Å². The zero-order chi connectivity index (χ0) is 14.9. The molecule has 7 heteroatoms. The van der Waals surface area contributed by atoms with Crippen molar-refractivity contribution in [1.82, 2.24) is 9.62 Å². The van der Waals surface area contributed by atoms with E-state index in [0.29, 0.717) is 18.1 Å². The second-order valence-corrected chi connectivity index (χ2v) is 7.52. The summed E-state index contributed by atoms with van der Waals surface area (Å²) in [5.74, 6) is 0. The van der Waals surface area contributed by atoms with Crippen LogP contribution in [0.3, 0.4) is 0 Å². The first-order chi connectivity index (χ1) is 9.41. The molecule has 2 rings (SSSR count). The van der Waals surface area contributed by atoms with Crippen LogP contribution in [0.4, 0.5) is 0 Å². The molecule has 1 fully saturated rings. The Kier molecular flexibility index (Phi) is 4.97. The van der Waals surface area contributed by atoms with Gasteiger partial charge in [0.15, 0.2) is 0 Å². The van der Waals surface area contributed by atoms with E-state index in [1.165, 1.54) is 10.4 Å². The average Bonchev–Trinajstić information content (AvgIpc) is 3.17. The second kappa shape index (κ2) is 6.20. The molecule has 0 aromatic heterocycles. The van der Waals surface area contributed by atoms with Gasteiger partial charge >= 0.3 is 0 Å². The zero-order valence-electron chi connectivity index (χ0n) is 11.5. The van der Waals surface area contributed by atoms with Gasteiger partial charge in [0.2, 0.25) is 10.0 Å². The number of halogens is 2. The number of nitrogens with one attached hydrogen (secondary N) is 1. The monoisotopic (exact) mass is 336 g/mol. The normalized spacial score (nSPS) is 15.8. The molecule has 0 aliphatic heterocycles. The molecule has 0 heterocycles. The Morgan fingerprint density at radius 3 is 2.45 bits per heavy atom. The zero-order valence-corrected chi connectivity index (χ0v) is 13.8. The number of nitrogens with zero attached hydrogens (tertiary/aromatic N) is 1.